The number of benzene rings is 1. The van der Waals surface area contributed by atoms with Gasteiger partial charge in [-0.1, -0.05) is 0 Å². The molecular formula is C9H9I2NO2. The van der Waals surface area contributed by atoms with Crippen molar-refractivity contribution in [2.75, 3.05) is 14.2 Å². The van der Waals surface area contributed by atoms with Gasteiger partial charge in [-0.25, -0.2) is 0 Å². The third-order valence-corrected chi connectivity index (χ3v) is 3.29. The first kappa shape index (κ1) is 12.0. The van der Waals surface area contributed by atoms with Crippen molar-refractivity contribution in [3.05, 3.63) is 24.8 Å². The molecule has 5 heteroatoms. The lowest BCUT2D eigenvalue weighted by Crippen LogP contribution is -2.18. The molecule has 0 saturated heterocycles. The third kappa shape index (κ3) is 2.50. The standard InChI is InChI=1S/C9H9I2NO2/c1-12-9(13)5-3-6(10)8(14-2)7(11)4-5/h3-4H,1-2H3,(H,12,13). The van der Waals surface area contributed by atoms with E-state index < -0.39 is 0 Å². The number of amides is 1. The molecule has 0 atom stereocenters. The van der Waals surface area contributed by atoms with Crippen molar-refractivity contribution in [3.63, 3.8) is 0 Å². The number of hydrogen-bond acceptors (Lipinski definition) is 2. The molecule has 1 aromatic rings. The molecule has 1 N–H and O–H groups in total. The van der Waals surface area contributed by atoms with Gasteiger partial charge in [-0.05, 0) is 57.3 Å². The number of ether oxygens (including phenoxy) is 1. The summed E-state index contributed by atoms with van der Waals surface area (Å²) in [6, 6.07) is 3.61. The van der Waals surface area contributed by atoms with Crippen molar-refractivity contribution in [1.29, 1.82) is 0 Å². The van der Waals surface area contributed by atoms with E-state index in [-0.39, 0.29) is 5.91 Å². The summed E-state index contributed by atoms with van der Waals surface area (Å²) in [6.07, 6.45) is 0. The Labute approximate surface area is 110 Å². The average molecular weight is 417 g/mol. The molecular weight excluding hydrogens is 408 g/mol. The minimum Gasteiger partial charge on any atom is -0.495 e. The van der Waals surface area contributed by atoms with Gasteiger partial charge in [-0.15, -0.1) is 0 Å². The zero-order chi connectivity index (χ0) is 10.7. The van der Waals surface area contributed by atoms with Gasteiger partial charge in [0.2, 0.25) is 0 Å². The monoisotopic (exact) mass is 417 g/mol. The Hall–Kier alpha value is -0.0500. The van der Waals surface area contributed by atoms with Crippen molar-refractivity contribution >= 4 is 51.1 Å². The molecule has 3 nitrogen and oxygen atoms in total. The molecule has 0 unspecified atom stereocenters. The van der Waals surface area contributed by atoms with Crippen molar-refractivity contribution in [2.24, 2.45) is 0 Å². The molecule has 14 heavy (non-hydrogen) atoms. The first-order valence-corrected chi connectivity index (χ1v) is 6.01. The van der Waals surface area contributed by atoms with Crippen LogP contribution in [-0.2, 0) is 0 Å². The van der Waals surface area contributed by atoms with E-state index in [0.29, 0.717) is 5.56 Å². The summed E-state index contributed by atoms with van der Waals surface area (Å²) in [5.41, 5.74) is 0.655. The maximum Gasteiger partial charge on any atom is 0.251 e. The fraction of sp³-hybridized carbons (Fsp3) is 0.222. The van der Waals surface area contributed by atoms with Crippen molar-refractivity contribution in [3.8, 4) is 5.75 Å². The van der Waals surface area contributed by atoms with Crippen LogP contribution in [0.4, 0.5) is 0 Å². The molecule has 0 aliphatic heterocycles. The normalized spacial score (nSPS) is 9.71. The minimum atomic E-state index is -0.0801. The highest BCUT2D eigenvalue weighted by molar-refractivity contribution is 14.1. The fourth-order valence-electron chi connectivity index (χ4n) is 1.03. The van der Waals surface area contributed by atoms with Crippen LogP contribution in [0.15, 0.2) is 12.1 Å². The van der Waals surface area contributed by atoms with Crippen LogP contribution in [0.5, 0.6) is 5.75 Å². The highest BCUT2D eigenvalue weighted by Crippen LogP contribution is 2.28. The van der Waals surface area contributed by atoms with Crippen LogP contribution in [0.1, 0.15) is 10.4 Å². The fourth-order valence-corrected chi connectivity index (χ4v) is 3.24. The van der Waals surface area contributed by atoms with E-state index in [1.807, 2.05) is 0 Å². The predicted octanol–water partition coefficient (Wildman–Crippen LogP) is 2.26. The van der Waals surface area contributed by atoms with E-state index in [2.05, 4.69) is 50.5 Å². The topological polar surface area (TPSA) is 38.3 Å². The third-order valence-electron chi connectivity index (χ3n) is 1.69. The predicted molar refractivity (Wildman–Crippen MR) is 71.8 cm³/mol. The largest absolute Gasteiger partial charge is 0.495 e. The Bertz CT molecular complexity index is 343. The Morgan fingerprint density at radius 2 is 1.86 bits per heavy atom. The Morgan fingerprint density at radius 1 is 1.36 bits per heavy atom. The highest BCUT2D eigenvalue weighted by atomic mass is 127. The van der Waals surface area contributed by atoms with Gasteiger partial charge in [0, 0.05) is 12.6 Å². The molecule has 0 saturated carbocycles. The lowest BCUT2D eigenvalue weighted by atomic mass is 10.2. The Morgan fingerprint density at radius 3 is 2.21 bits per heavy atom. The second kappa shape index (κ2) is 5.15. The summed E-state index contributed by atoms with van der Waals surface area (Å²) >= 11 is 4.30. The van der Waals surface area contributed by atoms with E-state index >= 15 is 0 Å². The van der Waals surface area contributed by atoms with Gasteiger partial charge in [0.15, 0.2) is 0 Å². The molecule has 1 aromatic carbocycles. The Balaban J connectivity index is 3.20. The van der Waals surface area contributed by atoms with Gasteiger partial charge < -0.3 is 10.1 Å². The average Bonchev–Trinajstić information content (AvgIpc) is 2.16. The molecule has 0 aliphatic carbocycles. The molecule has 76 valence electrons. The molecule has 0 spiro atoms. The van der Waals surface area contributed by atoms with Crippen molar-refractivity contribution in [1.82, 2.24) is 5.32 Å². The van der Waals surface area contributed by atoms with E-state index in [0.717, 1.165) is 12.9 Å². The molecule has 1 rings (SSSR count). The quantitative estimate of drug-likeness (QED) is 0.751. The van der Waals surface area contributed by atoms with Crippen LogP contribution in [0.2, 0.25) is 0 Å². The highest BCUT2D eigenvalue weighted by Gasteiger charge is 2.11. The molecule has 0 radical (unpaired) electrons. The number of methoxy groups -OCH3 is 1. The molecule has 0 aromatic heterocycles. The van der Waals surface area contributed by atoms with Gasteiger partial charge >= 0.3 is 0 Å². The van der Waals surface area contributed by atoms with Crippen LogP contribution in [0.3, 0.4) is 0 Å². The molecule has 0 aliphatic rings. The van der Waals surface area contributed by atoms with Gasteiger partial charge in [0.25, 0.3) is 5.91 Å². The zero-order valence-corrected chi connectivity index (χ0v) is 12.0. The second-order valence-electron chi connectivity index (χ2n) is 2.55. The summed E-state index contributed by atoms with van der Waals surface area (Å²) in [4.78, 5) is 11.4. The second-order valence-corrected chi connectivity index (χ2v) is 4.88. The van der Waals surface area contributed by atoms with E-state index in [1.54, 1.807) is 26.3 Å². The van der Waals surface area contributed by atoms with Gasteiger partial charge in [-0.2, -0.15) is 0 Å². The lowest BCUT2D eigenvalue weighted by Gasteiger charge is -2.08. The first-order chi connectivity index (χ1) is 6.60. The first-order valence-electron chi connectivity index (χ1n) is 3.85. The SMILES string of the molecule is CNC(=O)c1cc(I)c(OC)c(I)c1. The van der Waals surface area contributed by atoms with Gasteiger partial charge in [0.05, 0.1) is 14.3 Å². The molecule has 0 bridgehead atoms. The van der Waals surface area contributed by atoms with E-state index in [9.17, 15) is 4.79 Å². The van der Waals surface area contributed by atoms with Crippen LogP contribution < -0.4 is 10.1 Å². The summed E-state index contributed by atoms with van der Waals surface area (Å²) in [5.74, 6) is 0.738. The number of halogens is 2. The molecule has 0 heterocycles. The lowest BCUT2D eigenvalue weighted by molar-refractivity contribution is 0.0963. The van der Waals surface area contributed by atoms with E-state index in [1.165, 1.54) is 0 Å². The van der Waals surface area contributed by atoms with Gasteiger partial charge in [0.1, 0.15) is 5.75 Å². The van der Waals surface area contributed by atoms with Crippen LogP contribution >= 0.6 is 45.2 Å². The smallest absolute Gasteiger partial charge is 0.251 e. The number of hydrogen-bond donors (Lipinski definition) is 1. The van der Waals surface area contributed by atoms with Crippen molar-refractivity contribution < 1.29 is 9.53 Å². The summed E-state index contributed by atoms with van der Waals surface area (Å²) < 4.78 is 7.08. The molecule has 1 amide bonds. The summed E-state index contributed by atoms with van der Waals surface area (Å²) in [5, 5.41) is 2.59. The number of nitrogens with one attached hydrogen (secondary N) is 1. The summed E-state index contributed by atoms with van der Waals surface area (Å²) in [7, 11) is 3.24. The minimum absolute atomic E-state index is 0.0801. The van der Waals surface area contributed by atoms with Crippen LogP contribution in [0, 0.1) is 7.14 Å². The maximum absolute atomic E-state index is 11.4. The number of carbonyl (C=O) groups excluding carboxylic acids is 1. The van der Waals surface area contributed by atoms with Crippen LogP contribution in [-0.4, -0.2) is 20.1 Å². The summed E-state index contributed by atoms with van der Waals surface area (Å²) in [6.45, 7) is 0. The molecule has 0 fully saturated rings. The number of carbonyl (C=O) groups is 1. The van der Waals surface area contributed by atoms with Crippen molar-refractivity contribution in [2.45, 2.75) is 0 Å². The number of rotatable bonds is 2. The zero-order valence-electron chi connectivity index (χ0n) is 7.73. The van der Waals surface area contributed by atoms with Crippen LogP contribution in [0.25, 0.3) is 0 Å². The van der Waals surface area contributed by atoms with Gasteiger partial charge in [-0.3, -0.25) is 4.79 Å². The van der Waals surface area contributed by atoms with E-state index in [4.69, 9.17) is 4.74 Å². The Kier molecular flexibility index (Phi) is 4.42. The maximum atomic E-state index is 11.4.